The van der Waals surface area contributed by atoms with Crippen molar-refractivity contribution in [2.24, 2.45) is 5.92 Å². The summed E-state index contributed by atoms with van der Waals surface area (Å²) in [6, 6.07) is 1.67. The summed E-state index contributed by atoms with van der Waals surface area (Å²) in [5, 5.41) is 14.2. The van der Waals surface area contributed by atoms with Gasteiger partial charge >= 0.3 is 0 Å². The van der Waals surface area contributed by atoms with Crippen molar-refractivity contribution < 1.29 is 9.84 Å². The fraction of sp³-hybridized carbons (Fsp3) is 0.733. The number of hydrogen-bond donors (Lipinski definition) is 2. The van der Waals surface area contributed by atoms with Crippen molar-refractivity contribution in [2.45, 2.75) is 51.7 Å². The molecule has 1 saturated carbocycles. The van der Waals surface area contributed by atoms with E-state index < -0.39 is 5.60 Å². The zero-order valence-corrected chi connectivity index (χ0v) is 13.5. The Hall–Kier alpha value is -0.910. The summed E-state index contributed by atoms with van der Waals surface area (Å²) in [4.78, 5) is 8.49. The van der Waals surface area contributed by atoms with Gasteiger partial charge in [-0.3, -0.25) is 0 Å². The van der Waals surface area contributed by atoms with Crippen molar-refractivity contribution in [1.29, 1.82) is 0 Å². The van der Waals surface area contributed by atoms with Gasteiger partial charge in [0.15, 0.2) is 5.82 Å². The van der Waals surface area contributed by atoms with E-state index in [9.17, 15) is 5.11 Å². The monoisotopic (exact) mass is 313 g/mol. The molecule has 0 radical (unpaired) electrons. The van der Waals surface area contributed by atoms with E-state index in [0.29, 0.717) is 42.5 Å². The van der Waals surface area contributed by atoms with Crippen LogP contribution in [0.5, 0.6) is 0 Å². The largest absolute Gasteiger partial charge is 0.388 e. The van der Waals surface area contributed by atoms with Crippen molar-refractivity contribution in [3.63, 3.8) is 0 Å². The normalized spacial score (nSPS) is 25.8. The van der Waals surface area contributed by atoms with E-state index in [-0.39, 0.29) is 0 Å². The molecule has 1 aliphatic carbocycles. The van der Waals surface area contributed by atoms with Gasteiger partial charge in [0, 0.05) is 19.2 Å². The van der Waals surface area contributed by atoms with Crippen molar-refractivity contribution in [3.05, 3.63) is 17.0 Å². The van der Waals surface area contributed by atoms with Crippen LogP contribution in [0.25, 0.3) is 0 Å². The number of rotatable bonds is 6. The molecule has 2 atom stereocenters. The number of aliphatic hydroxyl groups is 1. The minimum absolute atomic E-state index is 0.340. The third kappa shape index (κ3) is 5.09. The van der Waals surface area contributed by atoms with Crippen LogP contribution in [0.15, 0.2) is 6.07 Å². The maximum atomic E-state index is 10.6. The van der Waals surface area contributed by atoms with Crippen molar-refractivity contribution in [2.75, 3.05) is 18.5 Å². The average molecular weight is 314 g/mol. The molecule has 2 rings (SSSR count). The second-order valence-electron chi connectivity index (χ2n) is 5.91. The molecule has 1 heterocycles. The maximum Gasteiger partial charge on any atom is 0.158 e. The van der Waals surface area contributed by atoms with E-state index in [2.05, 4.69) is 22.2 Å². The van der Waals surface area contributed by atoms with Gasteiger partial charge in [-0.1, -0.05) is 31.4 Å². The van der Waals surface area contributed by atoms with Gasteiger partial charge in [0.1, 0.15) is 17.6 Å². The first-order valence-electron chi connectivity index (χ1n) is 7.58. The Bertz CT molecular complexity index is 472. The van der Waals surface area contributed by atoms with Gasteiger partial charge in [-0.25, -0.2) is 9.97 Å². The number of nitrogens with one attached hydrogen (secondary N) is 1. The summed E-state index contributed by atoms with van der Waals surface area (Å²) in [5.41, 5.74) is -0.658. The van der Waals surface area contributed by atoms with Crippen molar-refractivity contribution in [3.8, 4) is 0 Å². The first-order valence-corrected chi connectivity index (χ1v) is 7.96. The van der Waals surface area contributed by atoms with Gasteiger partial charge in [0.25, 0.3) is 0 Å². The molecule has 0 aliphatic heterocycles. The zero-order chi connectivity index (χ0) is 15.3. The Morgan fingerprint density at radius 2 is 2.33 bits per heavy atom. The lowest BCUT2D eigenvalue weighted by molar-refractivity contribution is -0.000837. The Labute approximate surface area is 131 Å². The lowest BCUT2D eigenvalue weighted by atomic mass is 9.79. The Morgan fingerprint density at radius 1 is 1.52 bits per heavy atom. The van der Waals surface area contributed by atoms with Crippen LogP contribution in [0.4, 0.5) is 5.82 Å². The molecule has 2 N–H and O–H groups in total. The fourth-order valence-electron chi connectivity index (χ4n) is 2.86. The molecule has 118 valence electrons. The van der Waals surface area contributed by atoms with Gasteiger partial charge in [0.2, 0.25) is 0 Å². The predicted molar refractivity (Wildman–Crippen MR) is 83.4 cm³/mol. The second kappa shape index (κ2) is 7.38. The third-order valence-corrected chi connectivity index (χ3v) is 4.04. The molecule has 21 heavy (non-hydrogen) atoms. The van der Waals surface area contributed by atoms with Gasteiger partial charge < -0.3 is 15.2 Å². The first kappa shape index (κ1) is 16.5. The highest BCUT2D eigenvalue weighted by atomic mass is 35.5. The Balaban J connectivity index is 1.97. The molecule has 1 aliphatic rings. The molecule has 6 heteroatoms. The van der Waals surface area contributed by atoms with Gasteiger partial charge in [-0.2, -0.15) is 0 Å². The summed E-state index contributed by atoms with van der Waals surface area (Å²) in [6.45, 7) is 5.54. The van der Waals surface area contributed by atoms with E-state index in [1.807, 2.05) is 6.92 Å². The fourth-order valence-corrected chi connectivity index (χ4v) is 3.06. The lowest BCUT2D eigenvalue weighted by Gasteiger charge is -2.35. The van der Waals surface area contributed by atoms with Crippen LogP contribution in [-0.4, -0.2) is 33.8 Å². The summed E-state index contributed by atoms with van der Waals surface area (Å²) < 4.78 is 5.30. The van der Waals surface area contributed by atoms with Crippen LogP contribution in [0.2, 0.25) is 5.15 Å². The highest BCUT2D eigenvalue weighted by Crippen LogP contribution is 2.32. The molecule has 0 amide bonds. The topological polar surface area (TPSA) is 67.3 Å². The minimum atomic E-state index is -0.658. The number of nitrogens with zero attached hydrogens (tertiary/aromatic N) is 2. The molecular weight excluding hydrogens is 290 g/mol. The summed E-state index contributed by atoms with van der Waals surface area (Å²) >= 11 is 6.00. The van der Waals surface area contributed by atoms with Gasteiger partial charge in [0.05, 0.1) is 5.60 Å². The van der Waals surface area contributed by atoms with Crippen molar-refractivity contribution >= 4 is 17.4 Å². The van der Waals surface area contributed by atoms with Crippen LogP contribution in [0.3, 0.4) is 0 Å². The number of ether oxygens (including phenoxy) is 1. The molecule has 0 aromatic carbocycles. The van der Waals surface area contributed by atoms with E-state index in [1.54, 1.807) is 6.07 Å². The zero-order valence-electron chi connectivity index (χ0n) is 12.7. The smallest absolute Gasteiger partial charge is 0.158 e. The number of aromatic nitrogens is 2. The highest BCUT2D eigenvalue weighted by Gasteiger charge is 2.32. The molecule has 1 aromatic heterocycles. The molecular formula is C15H24ClN3O2. The quantitative estimate of drug-likeness (QED) is 0.790. The molecule has 0 saturated heterocycles. The van der Waals surface area contributed by atoms with Crippen LogP contribution < -0.4 is 5.32 Å². The minimum Gasteiger partial charge on any atom is -0.388 e. The SMILES string of the molecule is CCOCc1nc(Cl)cc(NCC2(O)CCCC(C)C2)n1. The highest BCUT2D eigenvalue weighted by molar-refractivity contribution is 6.29. The molecule has 0 bridgehead atoms. The standard InChI is InChI=1S/C15H24ClN3O2/c1-3-21-9-14-18-12(16)7-13(19-14)17-10-15(20)6-4-5-11(2)8-15/h7,11,20H,3-6,8-10H2,1-2H3,(H,17,18,19). The lowest BCUT2D eigenvalue weighted by Crippen LogP contribution is -2.41. The Kier molecular flexibility index (Phi) is 5.79. The molecule has 1 fully saturated rings. The number of halogens is 1. The van der Waals surface area contributed by atoms with E-state index >= 15 is 0 Å². The second-order valence-corrected chi connectivity index (χ2v) is 6.30. The molecule has 2 unspecified atom stereocenters. The number of anilines is 1. The average Bonchev–Trinajstić information content (AvgIpc) is 2.42. The van der Waals surface area contributed by atoms with E-state index in [4.69, 9.17) is 16.3 Å². The molecule has 5 nitrogen and oxygen atoms in total. The summed E-state index contributed by atoms with van der Waals surface area (Å²) in [5.74, 6) is 1.75. The van der Waals surface area contributed by atoms with Crippen LogP contribution in [-0.2, 0) is 11.3 Å². The van der Waals surface area contributed by atoms with Crippen LogP contribution >= 0.6 is 11.6 Å². The Morgan fingerprint density at radius 3 is 3.05 bits per heavy atom. The van der Waals surface area contributed by atoms with Gasteiger partial charge in [-0.05, 0) is 25.7 Å². The molecule has 0 spiro atoms. The van der Waals surface area contributed by atoms with Crippen LogP contribution in [0, 0.1) is 5.92 Å². The third-order valence-electron chi connectivity index (χ3n) is 3.84. The van der Waals surface area contributed by atoms with E-state index in [1.165, 1.54) is 6.42 Å². The summed E-state index contributed by atoms with van der Waals surface area (Å²) in [6.07, 6.45) is 3.92. The van der Waals surface area contributed by atoms with Crippen molar-refractivity contribution in [1.82, 2.24) is 9.97 Å². The van der Waals surface area contributed by atoms with Crippen LogP contribution in [0.1, 0.15) is 45.4 Å². The van der Waals surface area contributed by atoms with E-state index in [0.717, 1.165) is 19.3 Å². The summed E-state index contributed by atoms with van der Waals surface area (Å²) in [7, 11) is 0. The predicted octanol–water partition coefficient (Wildman–Crippen LogP) is 3.02. The maximum absolute atomic E-state index is 10.6. The molecule has 1 aromatic rings. The first-order chi connectivity index (χ1) is 10.0. The number of hydrogen-bond acceptors (Lipinski definition) is 5. The van der Waals surface area contributed by atoms with Gasteiger partial charge in [-0.15, -0.1) is 0 Å².